The Bertz CT molecular complexity index is 596. The van der Waals surface area contributed by atoms with Crippen molar-refractivity contribution in [1.82, 2.24) is 9.21 Å². The number of rotatable bonds is 3. The second-order valence-electron chi connectivity index (χ2n) is 4.18. The highest BCUT2D eigenvalue weighted by atomic mass is 32.2. The largest absolute Gasteiger partial charge is 0.343 e. The van der Waals surface area contributed by atoms with Gasteiger partial charge in [-0.3, -0.25) is 4.79 Å². The van der Waals surface area contributed by atoms with Crippen LogP contribution in [0.15, 0.2) is 29.2 Å². The van der Waals surface area contributed by atoms with Crippen molar-refractivity contribution in [2.24, 2.45) is 0 Å². The van der Waals surface area contributed by atoms with Crippen molar-refractivity contribution in [2.45, 2.75) is 4.90 Å². The van der Waals surface area contributed by atoms with Gasteiger partial charge in [0.25, 0.3) is 0 Å². The summed E-state index contributed by atoms with van der Waals surface area (Å²) in [5, 5.41) is 8.69. The maximum Gasteiger partial charge on any atom is 0.243 e. The SMILES string of the molecule is N#Cc1ccc(S(=O)(=O)N2CCN(C=O)CC2)cc1. The van der Waals surface area contributed by atoms with Crippen LogP contribution < -0.4 is 0 Å². The van der Waals surface area contributed by atoms with E-state index >= 15 is 0 Å². The fourth-order valence-electron chi connectivity index (χ4n) is 1.90. The normalized spacial score (nSPS) is 16.9. The molecule has 19 heavy (non-hydrogen) atoms. The smallest absolute Gasteiger partial charge is 0.243 e. The molecule has 0 N–H and O–H groups in total. The molecule has 1 heterocycles. The first-order valence-corrected chi connectivity index (χ1v) is 7.21. The third-order valence-electron chi connectivity index (χ3n) is 3.04. The predicted molar refractivity (Wildman–Crippen MR) is 67.6 cm³/mol. The van der Waals surface area contributed by atoms with Gasteiger partial charge in [-0.15, -0.1) is 0 Å². The molecule has 1 aromatic carbocycles. The van der Waals surface area contributed by atoms with Gasteiger partial charge in [0, 0.05) is 26.2 Å². The number of benzene rings is 1. The second-order valence-corrected chi connectivity index (χ2v) is 6.12. The van der Waals surface area contributed by atoms with Crippen molar-refractivity contribution < 1.29 is 13.2 Å². The molecular weight excluding hydrogens is 266 g/mol. The summed E-state index contributed by atoms with van der Waals surface area (Å²) in [6.45, 7) is 1.39. The Morgan fingerprint density at radius 1 is 1.11 bits per heavy atom. The Morgan fingerprint density at radius 3 is 2.16 bits per heavy atom. The molecule has 0 aliphatic carbocycles. The molecule has 1 saturated heterocycles. The zero-order valence-electron chi connectivity index (χ0n) is 10.2. The summed E-state index contributed by atoms with van der Waals surface area (Å²) < 4.78 is 26.0. The molecule has 6 nitrogen and oxygen atoms in total. The molecule has 1 fully saturated rings. The first-order chi connectivity index (χ1) is 9.07. The summed E-state index contributed by atoms with van der Waals surface area (Å²) in [4.78, 5) is 12.3. The predicted octanol–water partition coefficient (Wildman–Crippen LogP) is 0.0210. The number of hydrogen-bond acceptors (Lipinski definition) is 4. The summed E-state index contributed by atoms with van der Waals surface area (Å²) >= 11 is 0. The van der Waals surface area contributed by atoms with Crippen LogP contribution in [0.4, 0.5) is 0 Å². The Labute approximate surface area is 111 Å². The highest BCUT2D eigenvalue weighted by Crippen LogP contribution is 2.17. The van der Waals surface area contributed by atoms with Gasteiger partial charge in [0.2, 0.25) is 16.4 Å². The van der Waals surface area contributed by atoms with Crippen molar-refractivity contribution in [3.8, 4) is 6.07 Å². The molecule has 0 aromatic heterocycles. The molecule has 1 aliphatic heterocycles. The van der Waals surface area contributed by atoms with Gasteiger partial charge in [0.05, 0.1) is 16.5 Å². The lowest BCUT2D eigenvalue weighted by Crippen LogP contribution is -2.47. The lowest BCUT2D eigenvalue weighted by atomic mass is 10.2. The topological polar surface area (TPSA) is 81.5 Å². The van der Waals surface area contributed by atoms with Crippen LogP contribution in [-0.2, 0) is 14.8 Å². The third kappa shape index (κ3) is 2.75. The molecule has 0 spiro atoms. The first-order valence-electron chi connectivity index (χ1n) is 5.77. The summed E-state index contributed by atoms with van der Waals surface area (Å²) in [5.41, 5.74) is 0.421. The van der Waals surface area contributed by atoms with Crippen molar-refractivity contribution in [2.75, 3.05) is 26.2 Å². The molecule has 0 bridgehead atoms. The standard InChI is InChI=1S/C12H13N3O3S/c13-9-11-1-3-12(4-2-11)19(17,18)15-7-5-14(10-16)6-8-15/h1-4,10H,5-8H2. The van der Waals surface area contributed by atoms with Crippen LogP contribution in [0.5, 0.6) is 0 Å². The zero-order valence-corrected chi connectivity index (χ0v) is 11.0. The van der Waals surface area contributed by atoms with Gasteiger partial charge < -0.3 is 4.90 Å². The number of piperazine rings is 1. The van der Waals surface area contributed by atoms with E-state index in [2.05, 4.69) is 0 Å². The van der Waals surface area contributed by atoms with E-state index < -0.39 is 10.0 Å². The van der Waals surface area contributed by atoms with Crippen LogP contribution in [0.25, 0.3) is 0 Å². The van der Waals surface area contributed by atoms with E-state index in [0.29, 0.717) is 31.7 Å². The van der Waals surface area contributed by atoms with Gasteiger partial charge in [-0.1, -0.05) is 0 Å². The Morgan fingerprint density at radius 2 is 1.68 bits per heavy atom. The third-order valence-corrected chi connectivity index (χ3v) is 4.96. The van der Waals surface area contributed by atoms with Crippen LogP contribution in [0.3, 0.4) is 0 Å². The fraction of sp³-hybridized carbons (Fsp3) is 0.333. The molecular formula is C12H13N3O3S. The Balaban J connectivity index is 2.18. The van der Waals surface area contributed by atoms with E-state index in [9.17, 15) is 13.2 Å². The van der Waals surface area contributed by atoms with Gasteiger partial charge >= 0.3 is 0 Å². The van der Waals surface area contributed by atoms with E-state index in [4.69, 9.17) is 5.26 Å². The number of sulfonamides is 1. The molecule has 1 aliphatic rings. The van der Waals surface area contributed by atoms with E-state index in [1.807, 2.05) is 6.07 Å². The molecule has 2 rings (SSSR count). The van der Waals surface area contributed by atoms with Crippen LogP contribution >= 0.6 is 0 Å². The molecule has 1 aromatic rings. The minimum Gasteiger partial charge on any atom is -0.343 e. The number of carbonyl (C=O) groups excluding carboxylic acids is 1. The van der Waals surface area contributed by atoms with E-state index in [-0.39, 0.29) is 4.90 Å². The van der Waals surface area contributed by atoms with Crippen LogP contribution in [-0.4, -0.2) is 50.2 Å². The van der Waals surface area contributed by atoms with E-state index in [1.54, 1.807) is 4.90 Å². The molecule has 0 unspecified atom stereocenters. The number of nitriles is 1. The van der Waals surface area contributed by atoms with Gasteiger partial charge in [0.1, 0.15) is 0 Å². The van der Waals surface area contributed by atoms with Crippen LogP contribution in [0.2, 0.25) is 0 Å². The first kappa shape index (κ1) is 13.5. The van der Waals surface area contributed by atoms with E-state index in [0.717, 1.165) is 6.41 Å². The van der Waals surface area contributed by atoms with Gasteiger partial charge in [-0.25, -0.2) is 8.42 Å². The van der Waals surface area contributed by atoms with Crippen LogP contribution in [0.1, 0.15) is 5.56 Å². The highest BCUT2D eigenvalue weighted by Gasteiger charge is 2.27. The summed E-state index contributed by atoms with van der Waals surface area (Å²) in [6, 6.07) is 7.77. The Kier molecular flexibility index (Phi) is 3.83. The maximum atomic E-state index is 12.3. The quantitative estimate of drug-likeness (QED) is 0.730. The average Bonchev–Trinajstić information content (AvgIpc) is 2.47. The number of amides is 1. The van der Waals surface area contributed by atoms with Gasteiger partial charge in [-0.2, -0.15) is 9.57 Å². The lowest BCUT2D eigenvalue weighted by molar-refractivity contribution is -0.119. The number of hydrogen-bond donors (Lipinski definition) is 0. The van der Waals surface area contributed by atoms with Gasteiger partial charge in [-0.05, 0) is 24.3 Å². The summed E-state index contributed by atoms with van der Waals surface area (Å²) in [6.07, 6.45) is 0.728. The second kappa shape index (κ2) is 5.38. The fourth-order valence-corrected chi connectivity index (χ4v) is 3.32. The van der Waals surface area contributed by atoms with Crippen molar-refractivity contribution in [3.63, 3.8) is 0 Å². The van der Waals surface area contributed by atoms with Crippen molar-refractivity contribution >= 4 is 16.4 Å². The van der Waals surface area contributed by atoms with E-state index in [1.165, 1.54) is 28.6 Å². The molecule has 1 amide bonds. The maximum absolute atomic E-state index is 12.3. The molecule has 100 valence electrons. The number of carbonyl (C=O) groups is 1. The molecule has 0 atom stereocenters. The lowest BCUT2D eigenvalue weighted by Gasteiger charge is -2.31. The minimum absolute atomic E-state index is 0.172. The highest BCUT2D eigenvalue weighted by molar-refractivity contribution is 7.89. The van der Waals surface area contributed by atoms with Gasteiger partial charge in [0.15, 0.2) is 0 Å². The molecule has 0 saturated carbocycles. The van der Waals surface area contributed by atoms with Crippen LogP contribution in [0, 0.1) is 11.3 Å². The van der Waals surface area contributed by atoms with Crippen molar-refractivity contribution in [3.05, 3.63) is 29.8 Å². The molecule has 0 radical (unpaired) electrons. The zero-order chi connectivity index (χ0) is 13.9. The monoisotopic (exact) mass is 279 g/mol. The Hall–Kier alpha value is -1.91. The summed E-state index contributed by atoms with van der Waals surface area (Å²) in [7, 11) is -3.54. The minimum atomic E-state index is -3.54. The average molecular weight is 279 g/mol. The molecule has 7 heteroatoms. The number of nitrogens with zero attached hydrogens (tertiary/aromatic N) is 3. The van der Waals surface area contributed by atoms with Crippen molar-refractivity contribution in [1.29, 1.82) is 5.26 Å². The summed E-state index contributed by atoms with van der Waals surface area (Å²) in [5.74, 6) is 0.